The highest BCUT2D eigenvalue weighted by atomic mass is 14.9. The van der Waals surface area contributed by atoms with Crippen molar-refractivity contribution in [3.63, 3.8) is 0 Å². The zero-order valence-corrected chi connectivity index (χ0v) is 11.0. The Labute approximate surface area is 111 Å². The third kappa shape index (κ3) is 2.00. The molecule has 3 aromatic rings. The molecule has 1 atom stereocenters. The highest BCUT2D eigenvalue weighted by Gasteiger charge is 2.11. The average molecular weight is 252 g/mol. The molecule has 96 valence electrons. The molecular weight excluding hydrogens is 236 g/mol. The molecular formula is C15H16N4. The maximum atomic E-state index is 5.85. The third-order valence-electron chi connectivity index (χ3n) is 3.25. The molecule has 2 heterocycles. The lowest BCUT2D eigenvalue weighted by Crippen LogP contribution is -2.09. The Hall–Kier alpha value is -2.20. The first-order valence-electron chi connectivity index (χ1n) is 6.30. The van der Waals surface area contributed by atoms with Gasteiger partial charge < -0.3 is 10.3 Å². The van der Waals surface area contributed by atoms with Gasteiger partial charge in [-0.1, -0.05) is 18.2 Å². The molecule has 0 spiro atoms. The normalized spacial score (nSPS) is 12.8. The molecule has 0 amide bonds. The van der Waals surface area contributed by atoms with Crippen LogP contribution < -0.4 is 5.73 Å². The number of para-hydroxylation sites is 1. The minimum Gasteiger partial charge on any atom is -0.350 e. The maximum Gasteiger partial charge on any atom is 0.145 e. The largest absolute Gasteiger partial charge is 0.350 e. The van der Waals surface area contributed by atoms with E-state index in [1.54, 1.807) is 6.20 Å². The molecule has 1 unspecified atom stereocenters. The number of benzene rings is 1. The Morgan fingerprint density at radius 1 is 1.21 bits per heavy atom. The summed E-state index contributed by atoms with van der Waals surface area (Å²) in [5, 5.41) is 1.19. The van der Waals surface area contributed by atoms with E-state index >= 15 is 0 Å². The summed E-state index contributed by atoms with van der Waals surface area (Å²) in [7, 11) is 2.04. The molecule has 0 aliphatic rings. The molecule has 0 bridgehead atoms. The van der Waals surface area contributed by atoms with Gasteiger partial charge in [-0.25, -0.2) is 9.97 Å². The Kier molecular flexibility index (Phi) is 2.80. The number of rotatable bonds is 2. The summed E-state index contributed by atoms with van der Waals surface area (Å²) in [4.78, 5) is 8.76. The van der Waals surface area contributed by atoms with Crippen LogP contribution in [0.3, 0.4) is 0 Å². The van der Waals surface area contributed by atoms with Crippen molar-refractivity contribution >= 4 is 10.9 Å². The summed E-state index contributed by atoms with van der Waals surface area (Å²) in [5.74, 6) is 0.672. The number of hydrogen-bond acceptors (Lipinski definition) is 3. The smallest absolute Gasteiger partial charge is 0.145 e. The highest BCUT2D eigenvalue weighted by Crippen LogP contribution is 2.28. The topological polar surface area (TPSA) is 56.7 Å². The van der Waals surface area contributed by atoms with Crippen LogP contribution in [0.4, 0.5) is 0 Å². The van der Waals surface area contributed by atoms with Gasteiger partial charge in [0.25, 0.3) is 0 Å². The number of nitrogens with zero attached hydrogens (tertiary/aromatic N) is 3. The first-order chi connectivity index (χ1) is 9.16. The van der Waals surface area contributed by atoms with E-state index in [0.717, 1.165) is 11.3 Å². The predicted molar refractivity (Wildman–Crippen MR) is 76.5 cm³/mol. The predicted octanol–water partition coefficient (Wildman–Crippen LogP) is 2.66. The van der Waals surface area contributed by atoms with Crippen LogP contribution in [-0.2, 0) is 7.05 Å². The summed E-state index contributed by atoms with van der Waals surface area (Å²) in [6.07, 6.45) is 3.86. The van der Waals surface area contributed by atoms with Crippen molar-refractivity contribution in [2.24, 2.45) is 12.8 Å². The molecule has 2 aromatic heterocycles. The summed E-state index contributed by atoms with van der Waals surface area (Å²) in [6, 6.07) is 10.1. The van der Waals surface area contributed by atoms with Gasteiger partial charge in [0.1, 0.15) is 5.82 Å². The van der Waals surface area contributed by atoms with Crippen LogP contribution in [0.2, 0.25) is 0 Å². The van der Waals surface area contributed by atoms with E-state index < -0.39 is 0 Å². The number of fused-ring (bicyclic) bond motifs is 1. The summed E-state index contributed by atoms with van der Waals surface area (Å²) in [6.45, 7) is 1.89. The maximum absolute atomic E-state index is 5.85. The SMILES string of the molecule is CC(N)c1nccc(-c2cn(C)c3ccccc23)n1. The van der Waals surface area contributed by atoms with Crippen LogP contribution in [0.15, 0.2) is 42.7 Å². The van der Waals surface area contributed by atoms with Crippen molar-refractivity contribution in [2.75, 3.05) is 0 Å². The molecule has 0 saturated carbocycles. The minimum atomic E-state index is -0.157. The molecule has 1 aromatic carbocycles. The Bertz CT molecular complexity index is 728. The van der Waals surface area contributed by atoms with Crippen LogP contribution in [0.1, 0.15) is 18.8 Å². The molecule has 0 aliphatic heterocycles. The summed E-state index contributed by atoms with van der Waals surface area (Å²) >= 11 is 0. The highest BCUT2D eigenvalue weighted by molar-refractivity contribution is 5.95. The number of aromatic nitrogens is 3. The van der Waals surface area contributed by atoms with E-state index in [1.807, 2.05) is 32.2 Å². The summed E-state index contributed by atoms with van der Waals surface area (Å²) in [5.41, 5.74) is 9.07. The second-order valence-corrected chi connectivity index (χ2v) is 4.76. The Morgan fingerprint density at radius 2 is 2.00 bits per heavy atom. The molecule has 0 fully saturated rings. The van der Waals surface area contributed by atoms with E-state index in [1.165, 1.54) is 10.9 Å². The third-order valence-corrected chi connectivity index (χ3v) is 3.25. The van der Waals surface area contributed by atoms with E-state index in [0.29, 0.717) is 5.82 Å². The van der Waals surface area contributed by atoms with Gasteiger partial charge in [0.05, 0.1) is 11.7 Å². The van der Waals surface area contributed by atoms with Crippen LogP contribution in [0.25, 0.3) is 22.2 Å². The van der Waals surface area contributed by atoms with E-state index in [-0.39, 0.29) is 6.04 Å². The van der Waals surface area contributed by atoms with Crippen molar-refractivity contribution < 1.29 is 0 Å². The van der Waals surface area contributed by atoms with Gasteiger partial charge in [0.2, 0.25) is 0 Å². The first-order valence-corrected chi connectivity index (χ1v) is 6.30. The van der Waals surface area contributed by atoms with Crippen molar-refractivity contribution in [1.82, 2.24) is 14.5 Å². The average Bonchev–Trinajstić information content (AvgIpc) is 2.77. The molecule has 0 aliphatic carbocycles. The lowest BCUT2D eigenvalue weighted by molar-refractivity contribution is 0.741. The van der Waals surface area contributed by atoms with Gasteiger partial charge in [0.15, 0.2) is 0 Å². The van der Waals surface area contributed by atoms with Gasteiger partial charge >= 0.3 is 0 Å². The molecule has 0 saturated heterocycles. The van der Waals surface area contributed by atoms with E-state index in [9.17, 15) is 0 Å². The quantitative estimate of drug-likeness (QED) is 0.762. The van der Waals surface area contributed by atoms with Crippen molar-refractivity contribution in [1.29, 1.82) is 0 Å². The molecule has 4 nitrogen and oxygen atoms in total. The standard InChI is InChI=1S/C15H16N4/c1-10(16)15-17-8-7-13(18-15)12-9-19(2)14-6-4-3-5-11(12)14/h3-10H,16H2,1-2H3. The molecule has 0 radical (unpaired) electrons. The first kappa shape index (κ1) is 11.9. The number of aryl methyl sites for hydroxylation is 1. The van der Waals surface area contributed by atoms with Crippen molar-refractivity contribution in [3.8, 4) is 11.3 Å². The second-order valence-electron chi connectivity index (χ2n) is 4.76. The van der Waals surface area contributed by atoms with Gasteiger partial charge in [-0.2, -0.15) is 0 Å². The van der Waals surface area contributed by atoms with Crippen molar-refractivity contribution in [2.45, 2.75) is 13.0 Å². The van der Waals surface area contributed by atoms with Gasteiger partial charge in [-0.05, 0) is 19.1 Å². The number of nitrogens with two attached hydrogens (primary N) is 1. The molecule has 2 N–H and O–H groups in total. The van der Waals surface area contributed by atoms with Crippen LogP contribution in [0.5, 0.6) is 0 Å². The van der Waals surface area contributed by atoms with Gasteiger partial charge in [-0.15, -0.1) is 0 Å². The van der Waals surface area contributed by atoms with Gasteiger partial charge in [-0.3, -0.25) is 0 Å². The second kappa shape index (κ2) is 4.48. The molecule has 4 heteroatoms. The van der Waals surface area contributed by atoms with Crippen LogP contribution in [-0.4, -0.2) is 14.5 Å². The lowest BCUT2D eigenvalue weighted by Gasteiger charge is -2.05. The zero-order chi connectivity index (χ0) is 13.4. The van der Waals surface area contributed by atoms with Crippen molar-refractivity contribution in [3.05, 3.63) is 48.5 Å². The fourth-order valence-corrected chi connectivity index (χ4v) is 2.29. The van der Waals surface area contributed by atoms with Crippen LogP contribution >= 0.6 is 0 Å². The molecule has 3 rings (SSSR count). The van der Waals surface area contributed by atoms with Gasteiger partial charge in [0, 0.05) is 35.9 Å². The fraction of sp³-hybridized carbons (Fsp3) is 0.200. The monoisotopic (exact) mass is 252 g/mol. The summed E-state index contributed by atoms with van der Waals surface area (Å²) < 4.78 is 2.11. The van der Waals surface area contributed by atoms with Crippen LogP contribution in [0, 0.1) is 0 Å². The van der Waals surface area contributed by atoms with E-state index in [2.05, 4.69) is 32.9 Å². The Balaban J connectivity index is 2.22. The zero-order valence-electron chi connectivity index (χ0n) is 11.0. The number of hydrogen-bond donors (Lipinski definition) is 1. The van der Waals surface area contributed by atoms with E-state index in [4.69, 9.17) is 5.73 Å². The molecule has 19 heavy (non-hydrogen) atoms. The Morgan fingerprint density at radius 3 is 2.79 bits per heavy atom. The minimum absolute atomic E-state index is 0.157. The fourth-order valence-electron chi connectivity index (χ4n) is 2.29. The lowest BCUT2D eigenvalue weighted by atomic mass is 10.1.